The number of hydrogen-bond acceptors (Lipinski definition) is 4. The lowest BCUT2D eigenvalue weighted by Crippen LogP contribution is -2.43. The molecule has 0 bridgehead atoms. The zero-order valence-corrected chi connectivity index (χ0v) is 16.8. The summed E-state index contributed by atoms with van der Waals surface area (Å²) in [4.78, 5) is 44.0. The van der Waals surface area contributed by atoms with Gasteiger partial charge < -0.3 is 4.98 Å². The van der Waals surface area contributed by atoms with Crippen LogP contribution in [-0.4, -0.2) is 21.8 Å². The number of hydrazine groups is 1. The van der Waals surface area contributed by atoms with Gasteiger partial charge in [0.05, 0.1) is 0 Å². The third-order valence-electron chi connectivity index (χ3n) is 5.81. The smallest absolute Gasteiger partial charge is 0.275 e. The molecule has 2 aromatic heterocycles. The number of nitrogens with one attached hydrogen (secondary N) is 3. The lowest BCUT2D eigenvalue weighted by atomic mass is 9.84. The lowest BCUT2D eigenvalue weighted by Gasteiger charge is -2.22. The van der Waals surface area contributed by atoms with E-state index in [1.54, 1.807) is 37.4 Å². The number of carbonyl (C=O) groups excluding carboxylic acids is 2. The second kappa shape index (κ2) is 8.49. The number of hydrogen-bond donors (Lipinski definition) is 3. The largest absolute Gasteiger partial charge is 0.306 e. The molecule has 3 aromatic rings. The second-order valence-electron chi connectivity index (χ2n) is 7.72. The Kier molecular flexibility index (Phi) is 5.61. The maximum atomic E-state index is 12.6. The molecule has 1 saturated carbocycles. The van der Waals surface area contributed by atoms with Gasteiger partial charge in [-0.05, 0) is 61.1 Å². The standard InChI is InChI=1S/C23H24N4O3/c1-14-18-8-5-13-24-20(18)25-22(29)19(14)23(30)27-26-21(28)17-11-9-16(10-12-17)15-6-3-2-4-7-15/h5,8-13,15H,2-4,6-7H2,1H3,(H,26,28)(H,27,30)(H,24,25,29). The number of rotatable bonds is 3. The lowest BCUT2D eigenvalue weighted by molar-refractivity contribution is 0.0845. The molecule has 30 heavy (non-hydrogen) atoms. The number of nitrogens with zero attached hydrogens (tertiary/aromatic N) is 1. The van der Waals surface area contributed by atoms with Gasteiger partial charge in [0, 0.05) is 17.1 Å². The van der Waals surface area contributed by atoms with Crippen molar-refractivity contribution in [3.8, 4) is 0 Å². The summed E-state index contributed by atoms with van der Waals surface area (Å²) in [6.07, 6.45) is 7.75. The van der Waals surface area contributed by atoms with E-state index in [9.17, 15) is 14.4 Å². The van der Waals surface area contributed by atoms with Crippen LogP contribution >= 0.6 is 0 Å². The van der Waals surface area contributed by atoms with E-state index in [0.717, 1.165) is 0 Å². The van der Waals surface area contributed by atoms with Crippen LogP contribution in [-0.2, 0) is 0 Å². The normalized spacial score (nSPS) is 14.4. The summed E-state index contributed by atoms with van der Waals surface area (Å²) in [6.45, 7) is 1.68. The van der Waals surface area contributed by atoms with E-state index in [1.165, 1.54) is 37.7 Å². The van der Waals surface area contributed by atoms with Crippen LogP contribution in [0.2, 0.25) is 0 Å². The number of carbonyl (C=O) groups is 2. The van der Waals surface area contributed by atoms with Crippen LogP contribution in [0, 0.1) is 6.92 Å². The van der Waals surface area contributed by atoms with Crippen molar-refractivity contribution in [3.05, 3.63) is 75.2 Å². The summed E-state index contributed by atoms with van der Waals surface area (Å²) in [6, 6.07) is 11.0. The summed E-state index contributed by atoms with van der Waals surface area (Å²) in [7, 11) is 0. The number of H-pyrrole nitrogens is 1. The molecule has 7 nitrogen and oxygen atoms in total. The average Bonchev–Trinajstić information content (AvgIpc) is 2.78. The van der Waals surface area contributed by atoms with Gasteiger partial charge in [0.15, 0.2) is 0 Å². The van der Waals surface area contributed by atoms with Crippen LogP contribution < -0.4 is 16.4 Å². The molecule has 7 heteroatoms. The summed E-state index contributed by atoms with van der Waals surface area (Å²) in [5.41, 5.74) is 6.75. The van der Waals surface area contributed by atoms with Crippen molar-refractivity contribution >= 4 is 22.8 Å². The molecule has 1 aliphatic carbocycles. The minimum atomic E-state index is -0.674. The number of benzene rings is 1. The molecule has 1 aliphatic rings. The maximum Gasteiger partial charge on any atom is 0.275 e. The number of aryl methyl sites for hydroxylation is 1. The van der Waals surface area contributed by atoms with Crippen molar-refractivity contribution in [1.82, 2.24) is 20.8 Å². The SMILES string of the molecule is Cc1c(C(=O)NNC(=O)c2ccc(C3CCCCC3)cc2)c(=O)[nH]c2ncccc12. The number of aromatic nitrogens is 2. The fourth-order valence-electron chi connectivity index (χ4n) is 4.15. The number of fused-ring (bicyclic) bond motifs is 1. The van der Waals surface area contributed by atoms with E-state index >= 15 is 0 Å². The molecule has 0 aliphatic heterocycles. The first-order chi connectivity index (χ1) is 14.5. The van der Waals surface area contributed by atoms with Crippen LogP contribution in [0.4, 0.5) is 0 Å². The van der Waals surface area contributed by atoms with Crippen molar-refractivity contribution in [1.29, 1.82) is 0 Å². The first-order valence-corrected chi connectivity index (χ1v) is 10.2. The molecular weight excluding hydrogens is 380 g/mol. The molecule has 2 amide bonds. The van der Waals surface area contributed by atoms with Gasteiger partial charge >= 0.3 is 0 Å². The zero-order valence-electron chi connectivity index (χ0n) is 16.8. The van der Waals surface area contributed by atoms with E-state index in [4.69, 9.17) is 0 Å². The maximum absolute atomic E-state index is 12.6. The van der Waals surface area contributed by atoms with Crippen molar-refractivity contribution in [2.45, 2.75) is 44.9 Å². The highest BCUT2D eigenvalue weighted by atomic mass is 16.2. The molecule has 1 aromatic carbocycles. The summed E-state index contributed by atoms with van der Waals surface area (Å²) in [5.74, 6) is -0.547. The van der Waals surface area contributed by atoms with Gasteiger partial charge in [-0.25, -0.2) is 4.98 Å². The van der Waals surface area contributed by atoms with Gasteiger partial charge in [0.2, 0.25) is 0 Å². The topological polar surface area (TPSA) is 104 Å². The van der Waals surface area contributed by atoms with Gasteiger partial charge in [-0.3, -0.25) is 25.2 Å². The molecular formula is C23H24N4O3. The van der Waals surface area contributed by atoms with E-state index in [2.05, 4.69) is 20.8 Å². The van der Waals surface area contributed by atoms with E-state index in [-0.39, 0.29) is 5.56 Å². The van der Waals surface area contributed by atoms with Gasteiger partial charge in [0.1, 0.15) is 11.2 Å². The summed E-state index contributed by atoms with van der Waals surface area (Å²) >= 11 is 0. The molecule has 0 atom stereocenters. The van der Waals surface area contributed by atoms with Gasteiger partial charge in [-0.15, -0.1) is 0 Å². The molecule has 0 radical (unpaired) electrons. The minimum Gasteiger partial charge on any atom is -0.306 e. The second-order valence-corrected chi connectivity index (χ2v) is 7.72. The summed E-state index contributed by atoms with van der Waals surface area (Å²) in [5, 5.41) is 0.673. The molecule has 154 valence electrons. The Balaban J connectivity index is 1.44. The molecule has 4 rings (SSSR count). The van der Waals surface area contributed by atoms with E-state index in [0.29, 0.717) is 28.1 Å². The van der Waals surface area contributed by atoms with Crippen LogP contribution in [0.15, 0.2) is 47.4 Å². The first-order valence-electron chi connectivity index (χ1n) is 10.2. The monoisotopic (exact) mass is 404 g/mol. The fraction of sp³-hybridized carbons (Fsp3) is 0.304. The summed E-state index contributed by atoms with van der Waals surface area (Å²) < 4.78 is 0. The van der Waals surface area contributed by atoms with Gasteiger partial charge in [-0.1, -0.05) is 31.4 Å². The first kappa shape index (κ1) is 19.8. The Hall–Kier alpha value is -3.48. The predicted molar refractivity (Wildman–Crippen MR) is 114 cm³/mol. The molecule has 0 unspecified atom stereocenters. The Bertz CT molecular complexity index is 1150. The molecule has 2 heterocycles. The van der Waals surface area contributed by atoms with Crippen LogP contribution in [0.5, 0.6) is 0 Å². The fourth-order valence-corrected chi connectivity index (χ4v) is 4.15. The zero-order chi connectivity index (χ0) is 21.1. The third kappa shape index (κ3) is 3.96. The Labute approximate surface area is 173 Å². The van der Waals surface area contributed by atoms with Crippen molar-refractivity contribution in [3.63, 3.8) is 0 Å². The highest BCUT2D eigenvalue weighted by molar-refractivity contribution is 6.01. The number of pyridine rings is 2. The molecule has 1 fully saturated rings. The minimum absolute atomic E-state index is 0.0524. The van der Waals surface area contributed by atoms with Crippen LogP contribution in [0.1, 0.15) is 69.9 Å². The molecule has 0 saturated heterocycles. The Morgan fingerprint density at radius 3 is 2.43 bits per heavy atom. The third-order valence-corrected chi connectivity index (χ3v) is 5.81. The Morgan fingerprint density at radius 2 is 1.70 bits per heavy atom. The highest BCUT2D eigenvalue weighted by Crippen LogP contribution is 2.32. The van der Waals surface area contributed by atoms with Gasteiger partial charge in [0.25, 0.3) is 17.4 Å². The highest BCUT2D eigenvalue weighted by Gasteiger charge is 2.19. The van der Waals surface area contributed by atoms with E-state index in [1.807, 2.05) is 12.1 Å². The molecule has 3 N–H and O–H groups in total. The quantitative estimate of drug-likeness (QED) is 0.582. The van der Waals surface area contributed by atoms with E-state index < -0.39 is 17.4 Å². The van der Waals surface area contributed by atoms with Crippen molar-refractivity contribution in [2.24, 2.45) is 0 Å². The Morgan fingerprint density at radius 1 is 1.00 bits per heavy atom. The van der Waals surface area contributed by atoms with Crippen LogP contribution in [0.3, 0.4) is 0 Å². The van der Waals surface area contributed by atoms with Crippen molar-refractivity contribution < 1.29 is 9.59 Å². The predicted octanol–water partition coefficient (Wildman–Crippen LogP) is 3.35. The molecule has 0 spiro atoms. The average molecular weight is 404 g/mol. The number of aromatic amines is 1. The van der Waals surface area contributed by atoms with Gasteiger partial charge in [-0.2, -0.15) is 0 Å². The number of amides is 2. The van der Waals surface area contributed by atoms with Crippen molar-refractivity contribution in [2.75, 3.05) is 0 Å². The van der Waals surface area contributed by atoms with Crippen LogP contribution in [0.25, 0.3) is 11.0 Å².